The first kappa shape index (κ1) is 10.9. The first-order valence-electron chi connectivity index (χ1n) is 2.03. The molecule has 1 aliphatic rings. The van der Waals surface area contributed by atoms with Crippen LogP contribution < -0.4 is 0 Å². The molecular formula is C3HCl2N3NaS. The fourth-order valence-electron chi connectivity index (χ4n) is 0.310. The van der Waals surface area contributed by atoms with Gasteiger partial charge in [0.1, 0.15) is 0 Å². The van der Waals surface area contributed by atoms with Crippen molar-refractivity contribution in [3.05, 3.63) is 0 Å². The van der Waals surface area contributed by atoms with Gasteiger partial charge in [0.05, 0.1) is 4.86 Å². The number of halogens is 2. The second kappa shape index (κ2) is 4.74. The molecule has 0 aromatic rings. The van der Waals surface area contributed by atoms with Crippen LogP contribution in [0.15, 0.2) is 15.4 Å². The summed E-state index contributed by atoms with van der Waals surface area (Å²) in [5.74, 6) is 0. The van der Waals surface area contributed by atoms with Crippen molar-refractivity contribution in [3.8, 4) is 0 Å². The third-order valence-electron chi connectivity index (χ3n) is 0.705. The molecule has 0 aromatic carbocycles. The maximum absolute atomic E-state index is 5.50. The van der Waals surface area contributed by atoms with Crippen molar-refractivity contribution in [1.29, 1.82) is 0 Å². The van der Waals surface area contributed by atoms with Crippen molar-refractivity contribution < 1.29 is 0 Å². The van der Waals surface area contributed by atoms with Crippen LogP contribution in [0.2, 0.25) is 0 Å². The Morgan fingerprint density at radius 3 is 2.50 bits per heavy atom. The maximum Gasteiger partial charge on any atom is 0.184 e. The minimum Gasteiger partial charge on any atom is -0.143 e. The Morgan fingerprint density at radius 1 is 1.50 bits per heavy atom. The van der Waals surface area contributed by atoms with E-state index in [2.05, 4.69) is 15.4 Å². The zero-order chi connectivity index (χ0) is 6.85. The normalized spacial score (nSPS) is 23.6. The largest absolute Gasteiger partial charge is 0.184 e. The number of hydrogen-bond donors (Lipinski definition) is 0. The van der Waals surface area contributed by atoms with Gasteiger partial charge < -0.3 is 0 Å². The van der Waals surface area contributed by atoms with Gasteiger partial charge in [0.25, 0.3) is 0 Å². The maximum atomic E-state index is 5.50. The second-order valence-electron chi connectivity index (χ2n) is 1.30. The summed E-state index contributed by atoms with van der Waals surface area (Å²) in [7, 11) is 0. The van der Waals surface area contributed by atoms with Gasteiger partial charge in [0.2, 0.25) is 0 Å². The van der Waals surface area contributed by atoms with E-state index < -0.39 is 5.50 Å². The van der Waals surface area contributed by atoms with Crippen LogP contribution in [0.1, 0.15) is 0 Å². The third kappa shape index (κ3) is 2.53. The van der Waals surface area contributed by atoms with E-state index in [0.29, 0.717) is 4.86 Å². The Labute approximate surface area is 95.2 Å². The van der Waals surface area contributed by atoms with E-state index in [1.54, 1.807) is 0 Å². The molecule has 0 aromatic heterocycles. The second-order valence-corrected chi connectivity index (χ2v) is 2.51. The predicted molar refractivity (Wildman–Crippen MR) is 46.1 cm³/mol. The van der Waals surface area contributed by atoms with Gasteiger partial charge in [0, 0.05) is 29.6 Å². The van der Waals surface area contributed by atoms with Crippen LogP contribution in [-0.4, -0.2) is 45.1 Å². The van der Waals surface area contributed by atoms with Crippen LogP contribution in [0, 0.1) is 0 Å². The van der Waals surface area contributed by atoms with E-state index in [0.717, 1.165) is 0 Å². The van der Waals surface area contributed by atoms with Gasteiger partial charge in [-0.3, -0.25) is 0 Å². The summed E-state index contributed by atoms with van der Waals surface area (Å²) in [6.45, 7) is 0. The zero-order valence-corrected chi connectivity index (χ0v) is 9.41. The van der Waals surface area contributed by atoms with E-state index in [4.69, 9.17) is 35.4 Å². The van der Waals surface area contributed by atoms with E-state index in [-0.39, 0.29) is 34.7 Å². The summed E-state index contributed by atoms with van der Waals surface area (Å²) in [4.78, 5) is 0.327. The van der Waals surface area contributed by atoms with Crippen LogP contribution in [0.3, 0.4) is 0 Å². The number of hydrogen-bond acceptors (Lipinski definition) is 4. The molecule has 1 aliphatic heterocycles. The molecule has 0 amide bonds. The summed E-state index contributed by atoms with van der Waals surface area (Å²) < 4.78 is 0. The summed E-state index contributed by atoms with van der Waals surface area (Å²) >= 11 is 15.6. The number of rotatable bonds is 0. The molecule has 0 fully saturated rings. The molecule has 7 heteroatoms. The minimum absolute atomic E-state index is 0. The average molecular weight is 205 g/mol. The van der Waals surface area contributed by atoms with Crippen molar-refractivity contribution in [2.24, 2.45) is 15.4 Å². The smallest absolute Gasteiger partial charge is 0.143 e. The molecule has 49 valence electrons. The number of nitrogens with zero attached hydrogens (tertiary/aromatic N) is 3. The van der Waals surface area contributed by atoms with Gasteiger partial charge in [-0.1, -0.05) is 35.4 Å². The molecule has 10 heavy (non-hydrogen) atoms. The third-order valence-corrected chi connectivity index (χ3v) is 1.95. The van der Waals surface area contributed by atoms with Crippen molar-refractivity contribution in [2.75, 3.05) is 0 Å². The molecule has 0 aliphatic carbocycles. The van der Waals surface area contributed by atoms with Gasteiger partial charge in [-0.15, -0.1) is 10.2 Å². The zero-order valence-electron chi connectivity index (χ0n) is 5.08. The Hall–Kier alpha value is 0.940. The van der Waals surface area contributed by atoms with Gasteiger partial charge in [-0.05, 0) is 5.22 Å². The van der Waals surface area contributed by atoms with E-state index in [9.17, 15) is 0 Å². The Morgan fingerprint density at radius 2 is 2.10 bits per heavy atom. The predicted octanol–water partition coefficient (Wildman–Crippen LogP) is 1.56. The molecule has 0 N–H and O–H groups in total. The summed E-state index contributed by atoms with van der Waals surface area (Å²) in [5, 5.41) is 10.2. The molecule has 1 rings (SSSR count). The van der Waals surface area contributed by atoms with Crippen LogP contribution in [0.4, 0.5) is 0 Å². The topological polar surface area (TPSA) is 37.1 Å². The Balaban J connectivity index is 0.000000810. The van der Waals surface area contributed by atoms with E-state index in [1.807, 2.05) is 0 Å². The standard InChI is InChI=1S/C3HCl2N3S.Na/c4-2-1(9)3(5)7-8-6-2;/h2H;. The molecule has 0 spiro atoms. The van der Waals surface area contributed by atoms with Gasteiger partial charge in [-0.25, -0.2) is 0 Å². The molecule has 1 heterocycles. The number of thiocarbonyl (C=S) groups is 1. The van der Waals surface area contributed by atoms with Gasteiger partial charge >= 0.3 is 0 Å². The monoisotopic (exact) mass is 204 g/mol. The van der Waals surface area contributed by atoms with Gasteiger partial charge in [0.15, 0.2) is 10.7 Å². The summed E-state index contributed by atoms with van der Waals surface area (Å²) in [6.07, 6.45) is 0. The first-order chi connectivity index (χ1) is 4.22. The average Bonchev–Trinajstić information content (AvgIpc) is 1.83. The molecule has 0 saturated heterocycles. The molecule has 1 atom stereocenters. The molecule has 3 nitrogen and oxygen atoms in total. The summed E-state index contributed by atoms with van der Waals surface area (Å²) in [6, 6.07) is 0. The first-order valence-corrected chi connectivity index (χ1v) is 3.25. The minimum atomic E-state index is -0.620. The van der Waals surface area contributed by atoms with Crippen molar-refractivity contribution >= 4 is 75.0 Å². The fourth-order valence-corrected chi connectivity index (χ4v) is 0.734. The molecular weight excluding hydrogens is 204 g/mol. The molecule has 1 radical (unpaired) electrons. The SMILES string of the molecule is S=C1C(Cl)=NN=NC1Cl.[Na]. The van der Waals surface area contributed by atoms with Crippen LogP contribution in [-0.2, 0) is 0 Å². The van der Waals surface area contributed by atoms with Crippen molar-refractivity contribution in [3.63, 3.8) is 0 Å². The quantitative estimate of drug-likeness (QED) is 0.256. The van der Waals surface area contributed by atoms with Gasteiger partial charge in [-0.2, -0.15) is 0 Å². The summed E-state index contributed by atoms with van der Waals surface area (Å²) in [5.41, 5.74) is -0.620. The molecule has 1 unspecified atom stereocenters. The molecule has 0 saturated carbocycles. The van der Waals surface area contributed by atoms with Crippen molar-refractivity contribution in [2.45, 2.75) is 5.50 Å². The Bertz CT molecular complexity index is 204. The van der Waals surface area contributed by atoms with Crippen LogP contribution >= 0.6 is 35.4 Å². The van der Waals surface area contributed by atoms with Crippen LogP contribution in [0.25, 0.3) is 0 Å². The number of alkyl halides is 1. The fraction of sp³-hybridized carbons (Fsp3) is 0.333. The van der Waals surface area contributed by atoms with Crippen LogP contribution in [0.5, 0.6) is 0 Å². The molecule has 0 bridgehead atoms. The van der Waals surface area contributed by atoms with E-state index in [1.165, 1.54) is 0 Å². The Kier molecular flexibility index (Phi) is 5.19. The van der Waals surface area contributed by atoms with Crippen molar-refractivity contribution in [1.82, 2.24) is 0 Å². The van der Waals surface area contributed by atoms with E-state index >= 15 is 0 Å².